The van der Waals surface area contributed by atoms with Gasteiger partial charge in [0.25, 0.3) is 0 Å². The Morgan fingerprint density at radius 3 is 3.06 bits per heavy atom. The van der Waals surface area contributed by atoms with Crippen molar-refractivity contribution in [3.63, 3.8) is 0 Å². The Balaban J connectivity index is 2.25. The van der Waals surface area contributed by atoms with E-state index in [0.717, 1.165) is 25.0 Å². The van der Waals surface area contributed by atoms with Crippen LogP contribution in [0.2, 0.25) is 0 Å². The molecule has 0 aliphatic carbocycles. The number of halogens is 1. The lowest BCUT2D eigenvalue weighted by Gasteiger charge is -2.35. The van der Waals surface area contributed by atoms with Gasteiger partial charge in [-0.15, -0.1) is 0 Å². The van der Waals surface area contributed by atoms with Gasteiger partial charge in [-0.2, -0.15) is 0 Å². The van der Waals surface area contributed by atoms with Crippen LogP contribution in [0.4, 0.5) is 4.39 Å². The van der Waals surface area contributed by atoms with Crippen molar-refractivity contribution in [2.75, 3.05) is 13.2 Å². The minimum absolute atomic E-state index is 0.193. The first-order valence-corrected chi connectivity index (χ1v) is 6.50. The number of benzene rings is 1. The molecule has 18 heavy (non-hydrogen) atoms. The van der Waals surface area contributed by atoms with Crippen LogP contribution >= 0.6 is 12.2 Å². The van der Waals surface area contributed by atoms with Gasteiger partial charge < -0.3 is 14.3 Å². The third-order valence-electron chi connectivity index (χ3n) is 3.62. The van der Waals surface area contributed by atoms with Crippen LogP contribution in [-0.2, 0) is 10.3 Å². The maximum Gasteiger partial charge on any atom is 0.178 e. The minimum atomic E-state index is -0.266. The molecule has 0 spiro atoms. The highest BCUT2D eigenvalue weighted by Crippen LogP contribution is 2.31. The Morgan fingerprint density at radius 1 is 1.50 bits per heavy atom. The van der Waals surface area contributed by atoms with E-state index in [1.807, 2.05) is 10.6 Å². The van der Waals surface area contributed by atoms with E-state index in [9.17, 15) is 4.39 Å². The number of rotatable bonds is 1. The molecule has 3 rings (SSSR count). The molecular weight excluding hydrogens is 251 g/mol. The van der Waals surface area contributed by atoms with Crippen molar-refractivity contribution in [2.45, 2.75) is 25.3 Å². The normalized spacial score (nSPS) is 24.6. The van der Waals surface area contributed by atoms with Crippen molar-refractivity contribution in [2.24, 2.45) is 0 Å². The fourth-order valence-corrected chi connectivity index (χ4v) is 3.15. The van der Waals surface area contributed by atoms with E-state index in [2.05, 4.69) is 11.9 Å². The fraction of sp³-hybridized carbons (Fsp3) is 0.462. The maximum atomic E-state index is 13.7. The highest BCUT2D eigenvalue weighted by atomic mass is 32.1. The Bertz CT molecular complexity index is 640. The summed E-state index contributed by atoms with van der Waals surface area (Å²) >= 11 is 5.35. The van der Waals surface area contributed by atoms with Crippen LogP contribution < -0.4 is 0 Å². The molecule has 1 N–H and O–H groups in total. The minimum Gasteiger partial charge on any atom is -0.379 e. The molecule has 96 valence electrons. The number of nitrogens with zero attached hydrogens (tertiary/aromatic N) is 1. The summed E-state index contributed by atoms with van der Waals surface area (Å²) in [5, 5.41) is 0. The first kappa shape index (κ1) is 11.9. The lowest BCUT2D eigenvalue weighted by atomic mass is 9.94. The van der Waals surface area contributed by atoms with Crippen molar-refractivity contribution >= 4 is 23.3 Å². The molecule has 1 fully saturated rings. The van der Waals surface area contributed by atoms with Crippen molar-refractivity contribution in [3.8, 4) is 0 Å². The summed E-state index contributed by atoms with van der Waals surface area (Å²) < 4.78 is 21.9. The van der Waals surface area contributed by atoms with Gasteiger partial charge in [-0.25, -0.2) is 4.39 Å². The highest BCUT2D eigenvalue weighted by molar-refractivity contribution is 7.71. The van der Waals surface area contributed by atoms with Crippen molar-refractivity contribution in [1.82, 2.24) is 9.55 Å². The SMILES string of the molecule is CC1(n2c(=S)[nH]c3c(F)cccc32)CCCOC1. The van der Waals surface area contributed by atoms with Crippen LogP contribution in [0.5, 0.6) is 0 Å². The molecule has 1 unspecified atom stereocenters. The second kappa shape index (κ2) is 4.17. The molecule has 1 aliphatic heterocycles. The molecular formula is C13H15FN2OS. The zero-order chi connectivity index (χ0) is 12.8. The summed E-state index contributed by atoms with van der Waals surface area (Å²) in [7, 11) is 0. The van der Waals surface area contributed by atoms with Crippen LogP contribution in [0.3, 0.4) is 0 Å². The second-order valence-corrected chi connectivity index (χ2v) is 5.44. The van der Waals surface area contributed by atoms with E-state index in [1.165, 1.54) is 6.07 Å². The van der Waals surface area contributed by atoms with Crippen LogP contribution in [0, 0.1) is 10.6 Å². The van der Waals surface area contributed by atoms with E-state index < -0.39 is 0 Å². The van der Waals surface area contributed by atoms with Gasteiger partial charge in [-0.3, -0.25) is 0 Å². The van der Waals surface area contributed by atoms with Crippen molar-refractivity contribution < 1.29 is 9.13 Å². The highest BCUT2D eigenvalue weighted by Gasteiger charge is 2.31. The number of hydrogen-bond acceptors (Lipinski definition) is 2. The van der Waals surface area contributed by atoms with E-state index in [1.54, 1.807) is 6.07 Å². The number of H-pyrrole nitrogens is 1. The maximum absolute atomic E-state index is 13.7. The fourth-order valence-electron chi connectivity index (χ4n) is 2.73. The summed E-state index contributed by atoms with van der Waals surface area (Å²) in [5.41, 5.74) is 1.10. The van der Waals surface area contributed by atoms with Crippen LogP contribution in [0.25, 0.3) is 11.0 Å². The molecule has 0 radical (unpaired) electrons. The van der Waals surface area contributed by atoms with Gasteiger partial charge in [0.2, 0.25) is 0 Å². The van der Waals surface area contributed by atoms with Crippen molar-refractivity contribution in [3.05, 3.63) is 28.8 Å². The summed E-state index contributed by atoms with van der Waals surface area (Å²) in [5.74, 6) is -0.266. The molecule has 1 atom stereocenters. The lowest BCUT2D eigenvalue weighted by molar-refractivity contribution is 0.0108. The Morgan fingerprint density at radius 2 is 2.33 bits per heavy atom. The zero-order valence-electron chi connectivity index (χ0n) is 10.2. The molecule has 1 aliphatic rings. The van der Waals surface area contributed by atoms with Crippen LogP contribution in [0.1, 0.15) is 19.8 Å². The molecule has 3 nitrogen and oxygen atoms in total. The third-order valence-corrected chi connectivity index (χ3v) is 3.91. The monoisotopic (exact) mass is 266 g/mol. The molecule has 5 heteroatoms. The van der Waals surface area contributed by atoms with E-state index in [-0.39, 0.29) is 11.4 Å². The van der Waals surface area contributed by atoms with Crippen molar-refractivity contribution in [1.29, 1.82) is 0 Å². The third kappa shape index (κ3) is 1.69. The van der Waals surface area contributed by atoms with E-state index in [4.69, 9.17) is 17.0 Å². The van der Waals surface area contributed by atoms with E-state index >= 15 is 0 Å². The number of imidazole rings is 1. The molecule has 1 aromatic carbocycles. The van der Waals surface area contributed by atoms with Gasteiger partial charge in [0.05, 0.1) is 17.7 Å². The number of nitrogens with one attached hydrogen (secondary N) is 1. The number of para-hydroxylation sites is 1. The van der Waals surface area contributed by atoms with Gasteiger partial charge in [-0.05, 0) is 44.1 Å². The van der Waals surface area contributed by atoms with Gasteiger partial charge >= 0.3 is 0 Å². The number of fused-ring (bicyclic) bond motifs is 1. The van der Waals surface area contributed by atoms with Crippen LogP contribution in [0.15, 0.2) is 18.2 Å². The van der Waals surface area contributed by atoms with Gasteiger partial charge in [0, 0.05) is 6.61 Å². The van der Waals surface area contributed by atoms with Crippen LogP contribution in [-0.4, -0.2) is 22.8 Å². The molecule has 0 amide bonds. The molecule has 0 bridgehead atoms. The topological polar surface area (TPSA) is 29.9 Å². The Kier molecular flexibility index (Phi) is 2.75. The summed E-state index contributed by atoms with van der Waals surface area (Å²) in [6.07, 6.45) is 1.99. The van der Waals surface area contributed by atoms with E-state index in [0.29, 0.717) is 16.9 Å². The summed E-state index contributed by atoms with van der Waals surface area (Å²) in [6.45, 7) is 3.52. The Hall–Kier alpha value is -1.20. The van der Waals surface area contributed by atoms with Gasteiger partial charge in [0.15, 0.2) is 4.77 Å². The average molecular weight is 266 g/mol. The largest absolute Gasteiger partial charge is 0.379 e. The molecule has 1 aromatic heterocycles. The Labute approximate surface area is 110 Å². The average Bonchev–Trinajstić information content (AvgIpc) is 2.68. The number of hydrogen-bond donors (Lipinski definition) is 1. The first-order chi connectivity index (χ1) is 8.62. The lowest BCUT2D eigenvalue weighted by Crippen LogP contribution is -2.39. The van der Waals surface area contributed by atoms with Gasteiger partial charge in [0.1, 0.15) is 11.3 Å². The predicted octanol–water partition coefficient (Wildman–Crippen LogP) is 3.36. The number of aromatic nitrogens is 2. The molecule has 2 aromatic rings. The smallest absolute Gasteiger partial charge is 0.178 e. The molecule has 0 saturated carbocycles. The summed E-state index contributed by atoms with van der Waals surface area (Å²) in [6, 6.07) is 5.05. The molecule has 2 heterocycles. The standard InChI is InChI=1S/C13H15FN2OS/c1-13(6-3-7-17-8-13)16-10-5-2-4-9(14)11(10)15-12(16)18/h2,4-5H,3,6-8H2,1H3,(H,15,18). The predicted molar refractivity (Wildman–Crippen MR) is 70.8 cm³/mol. The van der Waals surface area contributed by atoms with Gasteiger partial charge in [-0.1, -0.05) is 6.07 Å². The first-order valence-electron chi connectivity index (χ1n) is 6.09. The molecule has 1 saturated heterocycles. The number of ether oxygens (including phenoxy) is 1. The summed E-state index contributed by atoms with van der Waals surface area (Å²) in [4.78, 5) is 2.97. The second-order valence-electron chi connectivity index (χ2n) is 5.05. The quantitative estimate of drug-likeness (QED) is 0.802. The zero-order valence-corrected chi connectivity index (χ0v) is 11.0. The number of aromatic amines is 1.